The lowest BCUT2D eigenvalue weighted by Gasteiger charge is -2.18. The molecule has 0 heterocycles. The van der Waals surface area contributed by atoms with Crippen molar-refractivity contribution in [3.63, 3.8) is 0 Å². The Morgan fingerprint density at radius 3 is 2.71 bits per heavy atom. The van der Waals surface area contributed by atoms with E-state index in [1.165, 1.54) is 11.8 Å². The second kappa shape index (κ2) is 6.14. The topological polar surface area (TPSA) is 81.1 Å². The number of hydrogen-bond donors (Lipinski definition) is 3. The highest BCUT2D eigenvalue weighted by Crippen LogP contribution is 2.33. The maximum Gasteiger partial charge on any atom is 0.237 e. The molecule has 2 atom stereocenters. The molecule has 1 aromatic carbocycles. The largest absolute Gasteiger partial charge is 0.398 e. The van der Waals surface area contributed by atoms with Gasteiger partial charge in [0.05, 0.1) is 0 Å². The van der Waals surface area contributed by atoms with E-state index in [4.69, 9.17) is 23.2 Å². The first-order chi connectivity index (χ1) is 7.95. The molecular weight excluding hydrogens is 258 g/mol. The summed E-state index contributed by atoms with van der Waals surface area (Å²) in [6.45, 7) is 3.77. The van der Waals surface area contributed by atoms with E-state index in [1.807, 2.05) is 13.8 Å². The van der Waals surface area contributed by atoms with Crippen LogP contribution in [0.4, 0.5) is 5.69 Å². The molecule has 0 aliphatic carbocycles. The molecule has 17 heavy (non-hydrogen) atoms. The van der Waals surface area contributed by atoms with Crippen molar-refractivity contribution in [2.75, 3.05) is 5.73 Å². The van der Waals surface area contributed by atoms with E-state index < -0.39 is 0 Å². The number of halogens is 1. The van der Waals surface area contributed by atoms with E-state index in [1.54, 1.807) is 18.2 Å². The number of hydrazine groups is 1. The number of rotatable bonds is 4. The highest BCUT2D eigenvalue weighted by Gasteiger charge is 2.21. The van der Waals surface area contributed by atoms with Gasteiger partial charge in [0.2, 0.25) is 5.91 Å². The van der Waals surface area contributed by atoms with Crippen LogP contribution < -0.4 is 17.0 Å². The van der Waals surface area contributed by atoms with Crippen LogP contribution in [0, 0.1) is 5.92 Å². The van der Waals surface area contributed by atoms with Crippen molar-refractivity contribution in [2.24, 2.45) is 11.8 Å². The summed E-state index contributed by atoms with van der Waals surface area (Å²) >= 11 is 7.41. The lowest BCUT2D eigenvalue weighted by atomic mass is 10.1. The third kappa shape index (κ3) is 3.80. The maximum atomic E-state index is 11.4. The van der Waals surface area contributed by atoms with Gasteiger partial charge in [0.1, 0.15) is 0 Å². The molecule has 0 saturated carbocycles. The molecule has 0 saturated heterocycles. The molecule has 2 unspecified atom stereocenters. The molecule has 0 radical (unpaired) electrons. The number of nitrogen functional groups attached to an aromatic ring is 1. The molecule has 1 rings (SSSR count). The van der Waals surface area contributed by atoms with E-state index in [0.29, 0.717) is 10.7 Å². The molecule has 5 N–H and O–H groups in total. The predicted molar refractivity (Wildman–Crippen MR) is 72.7 cm³/mol. The van der Waals surface area contributed by atoms with Crippen LogP contribution in [0.25, 0.3) is 0 Å². The van der Waals surface area contributed by atoms with Gasteiger partial charge in [-0.1, -0.05) is 25.4 Å². The molecule has 6 heteroatoms. The maximum absolute atomic E-state index is 11.4. The summed E-state index contributed by atoms with van der Waals surface area (Å²) in [5.41, 5.74) is 8.65. The molecule has 0 aliphatic rings. The van der Waals surface area contributed by atoms with Gasteiger partial charge < -0.3 is 5.73 Å². The van der Waals surface area contributed by atoms with Crippen molar-refractivity contribution in [1.29, 1.82) is 0 Å². The number of amides is 1. The summed E-state index contributed by atoms with van der Waals surface area (Å²) < 4.78 is 0. The molecule has 1 amide bonds. The van der Waals surface area contributed by atoms with Crippen molar-refractivity contribution in [3.8, 4) is 0 Å². The van der Waals surface area contributed by atoms with E-state index in [9.17, 15) is 4.79 Å². The van der Waals surface area contributed by atoms with Crippen molar-refractivity contribution >= 4 is 35.0 Å². The van der Waals surface area contributed by atoms with Crippen molar-refractivity contribution < 1.29 is 4.79 Å². The molecule has 0 fully saturated rings. The molecule has 0 spiro atoms. The molecule has 0 aliphatic heterocycles. The number of carbonyl (C=O) groups is 1. The van der Waals surface area contributed by atoms with Gasteiger partial charge in [-0.2, -0.15) is 0 Å². The lowest BCUT2D eigenvalue weighted by molar-refractivity contribution is -0.124. The zero-order valence-electron chi connectivity index (χ0n) is 9.74. The number of hydrogen-bond acceptors (Lipinski definition) is 4. The minimum atomic E-state index is -0.205. The zero-order valence-corrected chi connectivity index (χ0v) is 11.3. The van der Waals surface area contributed by atoms with Gasteiger partial charge >= 0.3 is 0 Å². The normalized spacial score (nSPS) is 14.1. The van der Waals surface area contributed by atoms with Gasteiger partial charge in [-0.25, -0.2) is 5.84 Å². The first kappa shape index (κ1) is 14.2. The first-order valence-electron chi connectivity index (χ1n) is 5.18. The number of anilines is 1. The highest BCUT2D eigenvalue weighted by molar-refractivity contribution is 8.00. The molecule has 4 nitrogen and oxygen atoms in total. The monoisotopic (exact) mass is 273 g/mol. The molecule has 94 valence electrons. The van der Waals surface area contributed by atoms with Gasteiger partial charge in [-0.05, 0) is 18.2 Å². The minimum absolute atomic E-state index is 0.0549. The fourth-order valence-corrected chi connectivity index (χ4v) is 2.62. The summed E-state index contributed by atoms with van der Waals surface area (Å²) in [4.78, 5) is 12.3. The van der Waals surface area contributed by atoms with Crippen LogP contribution >= 0.6 is 23.4 Å². The second-order valence-corrected chi connectivity index (χ2v) is 5.66. The fraction of sp³-hybridized carbons (Fsp3) is 0.364. The highest BCUT2D eigenvalue weighted by atomic mass is 35.5. The van der Waals surface area contributed by atoms with Crippen LogP contribution in [0.1, 0.15) is 13.8 Å². The first-order valence-corrected chi connectivity index (χ1v) is 6.43. The Morgan fingerprint density at radius 2 is 2.12 bits per heavy atom. The van der Waals surface area contributed by atoms with Crippen LogP contribution in [0.15, 0.2) is 23.1 Å². The standard InChI is InChI=1S/C11H16ClN3OS/c1-6(11(16)15-14)7(2)17-10-5-8(12)3-4-9(10)13/h3-7H,13-14H2,1-2H3,(H,15,16). The summed E-state index contributed by atoms with van der Waals surface area (Å²) in [6.07, 6.45) is 0. The van der Waals surface area contributed by atoms with E-state index in [0.717, 1.165) is 4.90 Å². The van der Waals surface area contributed by atoms with Crippen LogP contribution in [0.2, 0.25) is 5.02 Å². The quantitative estimate of drug-likeness (QED) is 0.258. The minimum Gasteiger partial charge on any atom is -0.398 e. The Bertz CT molecular complexity index is 414. The van der Waals surface area contributed by atoms with E-state index in [2.05, 4.69) is 5.43 Å². The van der Waals surface area contributed by atoms with Crippen LogP contribution in [0.3, 0.4) is 0 Å². The Morgan fingerprint density at radius 1 is 1.47 bits per heavy atom. The van der Waals surface area contributed by atoms with Crippen molar-refractivity contribution in [3.05, 3.63) is 23.2 Å². The predicted octanol–water partition coefficient (Wildman–Crippen LogP) is 2.03. The summed E-state index contributed by atoms with van der Waals surface area (Å²) in [6, 6.07) is 5.29. The molecule has 0 aromatic heterocycles. The number of nitrogens with one attached hydrogen (secondary N) is 1. The molecule has 1 aromatic rings. The van der Waals surface area contributed by atoms with Crippen molar-refractivity contribution in [2.45, 2.75) is 24.0 Å². The van der Waals surface area contributed by atoms with Crippen LogP contribution in [0.5, 0.6) is 0 Å². The average molecular weight is 274 g/mol. The van der Waals surface area contributed by atoms with Gasteiger partial charge in [-0.3, -0.25) is 10.2 Å². The fourth-order valence-electron chi connectivity index (χ4n) is 1.26. The van der Waals surface area contributed by atoms with Gasteiger partial charge in [-0.15, -0.1) is 11.8 Å². The molecular formula is C11H16ClN3OS. The summed E-state index contributed by atoms with van der Waals surface area (Å²) in [5, 5.41) is 0.684. The Hall–Kier alpha value is -0.910. The third-order valence-corrected chi connectivity index (χ3v) is 4.17. The zero-order chi connectivity index (χ0) is 13.0. The Balaban J connectivity index is 2.77. The number of carbonyl (C=O) groups excluding carboxylic acids is 1. The van der Waals surface area contributed by atoms with Gasteiger partial charge in [0.15, 0.2) is 0 Å². The van der Waals surface area contributed by atoms with Crippen molar-refractivity contribution in [1.82, 2.24) is 5.43 Å². The van der Waals surface area contributed by atoms with E-state index >= 15 is 0 Å². The molecule has 0 bridgehead atoms. The second-order valence-electron chi connectivity index (χ2n) is 3.80. The average Bonchev–Trinajstić information content (AvgIpc) is 2.31. The van der Waals surface area contributed by atoms with E-state index in [-0.39, 0.29) is 17.1 Å². The van der Waals surface area contributed by atoms with Crippen LogP contribution in [-0.2, 0) is 4.79 Å². The Labute approximate surface area is 110 Å². The van der Waals surface area contributed by atoms with Gasteiger partial charge in [0, 0.05) is 26.8 Å². The summed E-state index contributed by atoms with van der Waals surface area (Å²) in [5.74, 6) is 4.71. The SMILES string of the molecule is CC(Sc1cc(Cl)ccc1N)C(C)C(=O)NN. The Kier molecular flexibility index (Phi) is 5.11. The van der Waals surface area contributed by atoms with Gasteiger partial charge in [0.25, 0.3) is 0 Å². The number of benzene rings is 1. The third-order valence-electron chi connectivity index (χ3n) is 2.55. The number of thioether (sulfide) groups is 1. The smallest absolute Gasteiger partial charge is 0.237 e. The lowest BCUT2D eigenvalue weighted by Crippen LogP contribution is -2.38. The summed E-state index contributed by atoms with van der Waals surface area (Å²) in [7, 11) is 0. The number of nitrogens with two attached hydrogens (primary N) is 2. The van der Waals surface area contributed by atoms with Crippen LogP contribution in [-0.4, -0.2) is 11.2 Å².